The van der Waals surface area contributed by atoms with Gasteiger partial charge in [-0.2, -0.15) is 0 Å². The van der Waals surface area contributed by atoms with Crippen LogP contribution in [0.15, 0.2) is 54.6 Å². The molecule has 0 aliphatic rings. The van der Waals surface area contributed by atoms with E-state index in [-0.39, 0.29) is 30.3 Å². The lowest BCUT2D eigenvalue weighted by Gasteiger charge is -2.14. The van der Waals surface area contributed by atoms with E-state index >= 15 is 0 Å². The van der Waals surface area contributed by atoms with Gasteiger partial charge in [0.1, 0.15) is 0 Å². The summed E-state index contributed by atoms with van der Waals surface area (Å²) in [5, 5.41) is 8.85. The zero-order valence-electron chi connectivity index (χ0n) is 14.9. The smallest absolute Gasteiger partial charge is 0.238 e. The van der Waals surface area contributed by atoms with Gasteiger partial charge in [0, 0.05) is 23.3 Å². The van der Waals surface area contributed by atoms with Crippen molar-refractivity contribution in [1.29, 1.82) is 0 Å². The molecule has 132 valence electrons. The number of nitrogens with one attached hydrogen (secondary N) is 3. The summed E-state index contributed by atoms with van der Waals surface area (Å²) in [5.41, 5.74) is 2.55. The molecule has 2 aromatic carbocycles. The third-order valence-electron chi connectivity index (χ3n) is 3.83. The molecule has 2 amide bonds. The second-order valence-electron chi connectivity index (χ2n) is 6.28. The van der Waals surface area contributed by atoms with Gasteiger partial charge in [0.2, 0.25) is 11.8 Å². The number of benzene rings is 2. The lowest BCUT2D eigenvalue weighted by molar-refractivity contribution is -0.119. The van der Waals surface area contributed by atoms with Gasteiger partial charge >= 0.3 is 0 Å². The Kier molecular flexibility index (Phi) is 6.71. The quantitative estimate of drug-likeness (QED) is 0.722. The Bertz CT molecular complexity index is 697. The van der Waals surface area contributed by atoms with E-state index in [1.54, 1.807) is 24.3 Å². The van der Waals surface area contributed by atoms with Crippen LogP contribution in [0, 0.1) is 5.92 Å². The molecule has 5 nitrogen and oxygen atoms in total. The van der Waals surface area contributed by atoms with Crippen LogP contribution >= 0.6 is 0 Å². The maximum Gasteiger partial charge on any atom is 0.238 e. The van der Waals surface area contributed by atoms with E-state index < -0.39 is 0 Å². The van der Waals surface area contributed by atoms with Crippen LogP contribution in [0.1, 0.15) is 32.4 Å². The van der Waals surface area contributed by atoms with E-state index in [2.05, 4.69) is 16.0 Å². The summed E-state index contributed by atoms with van der Waals surface area (Å²) < 4.78 is 0. The Labute approximate surface area is 148 Å². The van der Waals surface area contributed by atoms with Gasteiger partial charge in [-0.25, -0.2) is 0 Å². The van der Waals surface area contributed by atoms with Crippen molar-refractivity contribution in [3.8, 4) is 0 Å². The molecule has 0 fully saturated rings. The van der Waals surface area contributed by atoms with Crippen LogP contribution in [-0.2, 0) is 9.59 Å². The summed E-state index contributed by atoms with van der Waals surface area (Å²) in [6.07, 6.45) is 0. The van der Waals surface area contributed by atoms with E-state index in [1.807, 2.05) is 51.1 Å². The number of rotatable bonds is 7. The van der Waals surface area contributed by atoms with Crippen molar-refractivity contribution in [3.05, 3.63) is 60.2 Å². The molecule has 0 bridgehead atoms. The first kappa shape index (κ1) is 18.7. The summed E-state index contributed by atoms with van der Waals surface area (Å²) in [5.74, 6) is -0.213. The molecule has 3 N–H and O–H groups in total. The molecule has 0 aliphatic heterocycles. The third kappa shape index (κ3) is 6.04. The van der Waals surface area contributed by atoms with Crippen molar-refractivity contribution in [2.75, 3.05) is 17.2 Å². The van der Waals surface area contributed by atoms with E-state index in [1.165, 1.54) is 0 Å². The van der Waals surface area contributed by atoms with Crippen LogP contribution in [0.2, 0.25) is 0 Å². The number of anilines is 2. The number of hydrogen-bond donors (Lipinski definition) is 3. The number of hydrogen-bond acceptors (Lipinski definition) is 3. The molecule has 0 aliphatic carbocycles. The highest BCUT2D eigenvalue weighted by Gasteiger charge is 2.09. The van der Waals surface area contributed by atoms with Crippen molar-refractivity contribution in [2.45, 2.75) is 26.8 Å². The monoisotopic (exact) mass is 339 g/mol. The van der Waals surface area contributed by atoms with Gasteiger partial charge < -0.3 is 16.0 Å². The summed E-state index contributed by atoms with van der Waals surface area (Å²) in [7, 11) is 0. The van der Waals surface area contributed by atoms with Gasteiger partial charge in [0.15, 0.2) is 0 Å². The van der Waals surface area contributed by atoms with E-state index in [0.717, 1.165) is 5.56 Å². The van der Waals surface area contributed by atoms with Crippen molar-refractivity contribution in [1.82, 2.24) is 5.32 Å². The van der Waals surface area contributed by atoms with Crippen LogP contribution in [0.3, 0.4) is 0 Å². The molecule has 1 atom stereocenters. The predicted octanol–water partition coefficient (Wildman–Crippen LogP) is 3.57. The largest absolute Gasteiger partial charge is 0.326 e. The zero-order valence-corrected chi connectivity index (χ0v) is 14.9. The van der Waals surface area contributed by atoms with E-state index in [0.29, 0.717) is 11.4 Å². The van der Waals surface area contributed by atoms with Crippen LogP contribution < -0.4 is 16.0 Å². The minimum absolute atomic E-state index is 0.0316. The highest BCUT2D eigenvalue weighted by molar-refractivity contribution is 5.94. The Morgan fingerprint density at radius 1 is 0.840 bits per heavy atom. The van der Waals surface area contributed by atoms with Crippen LogP contribution in [0.5, 0.6) is 0 Å². The fraction of sp³-hybridized carbons (Fsp3) is 0.300. The first-order valence-electron chi connectivity index (χ1n) is 8.45. The lowest BCUT2D eigenvalue weighted by atomic mass is 10.1. The molecule has 0 spiro atoms. The Morgan fingerprint density at radius 2 is 1.40 bits per heavy atom. The maximum absolute atomic E-state index is 12.1. The topological polar surface area (TPSA) is 70.2 Å². The van der Waals surface area contributed by atoms with Crippen LogP contribution in [0.4, 0.5) is 11.4 Å². The molecule has 0 saturated carbocycles. The summed E-state index contributed by atoms with van der Waals surface area (Å²) in [6, 6.07) is 17.2. The minimum Gasteiger partial charge on any atom is -0.326 e. The predicted molar refractivity (Wildman–Crippen MR) is 101 cm³/mol. The zero-order chi connectivity index (χ0) is 18.2. The van der Waals surface area contributed by atoms with E-state index in [4.69, 9.17) is 0 Å². The van der Waals surface area contributed by atoms with Gasteiger partial charge in [-0.05, 0) is 36.8 Å². The summed E-state index contributed by atoms with van der Waals surface area (Å²) in [6.45, 7) is 5.93. The number of carbonyl (C=O) groups excluding carboxylic acids is 2. The third-order valence-corrected chi connectivity index (χ3v) is 3.83. The second kappa shape index (κ2) is 8.99. The fourth-order valence-electron chi connectivity index (χ4n) is 2.23. The van der Waals surface area contributed by atoms with Crippen LogP contribution in [-0.4, -0.2) is 18.4 Å². The second-order valence-corrected chi connectivity index (χ2v) is 6.28. The molecule has 25 heavy (non-hydrogen) atoms. The highest BCUT2D eigenvalue weighted by atomic mass is 16.2. The standard InChI is InChI=1S/C20H25N3O2/c1-14(2)20(25)23-18-11-9-17(10-12-18)22-19(24)13-21-15(3)16-7-5-4-6-8-16/h4-12,14-15,21H,13H2,1-3H3,(H,22,24)(H,23,25). The Hall–Kier alpha value is -2.66. The van der Waals surface area contributed by atoms with E-state index in [9.17, 15) is 9.59 Å². The average Bonchev–Trinajstić information content (AvgIpc) is 2.62. The van der Waals surface area contributed by atoms with Crippen molar-refractivity contribution in [3.63, 3.8) is 0 Å². The van der Waals surface area contributed by atoms with Crippen molar-refractivity contribution < 1.29 is 9.59 Å². The van der Waals surface area contributed by atoms with Gasteiger partial charge in [-0.15, -0.1) is 0 Å². The molecule has 1 unspecified atom stereocenters. The normalized spacial score (nSPS) is 11.8. The number of carbonyl (C=O) groups is 2. The van der Waals surface area contributed by atoms with Gasteiger partial charge in [-0.3, -0.25) is 9.59 Å². The molecule has 2 aromatic rings. The maximum atomic E-state index is 12.1. The first-order chi connectivity index (χ1) is 12.0. The molecule has 0 radical (unpaired) electrons. The minimum atomic E-state index is -0.109. The van der Waals surface area contributed by atoms with Gasteiger partial charge in [0.05, 0.1) is 6.54 Å². The SMILES string of the molecule is CC(C)C(=O)Nc1ccc(NC(=O)CNC(C)c2ccccc2)cc1. The number of amides is 2. The molecule has 0 heterocycles. The molecule has 2 rings (SSSR count). The van der Waals surface area contributed by atoms with Crippen molar-refractivity contribution in [2.24, 2.45) is 5.92 Å². The molecular weight excluding hydrogens is 314 g/mol. The Balaban J connectivity index is 1.81. The van der Waals surface area contributed by atoms with Crippen LogP contribution in [0.25, 0.3) is 0 Å². The summed E-state index contributed by atoms with van der Waals surface area (Å²) >= 11 is 0. The fourth-order valence-corrected chi connectivity index (χ4v) is 2.23. The van der Waals surface area contributed by atoms with Crippen molar-refractivity contribution >= 4 is 23.2 Å². The molecule has 0 saturated heterocycles. The lowest BCUT2D eigenvalue weighted by Crippen LogP contribution is -2.30. The first-order valence-corrected chi connectivity index (χ1v) is 8.45. The molecule has 5 heteroatoms. The highest BCUT2D eigenvalue weighted by Crippen LogP contribution is 2.15. The summed E-state index contributed by atoms with van der Waals surface area (Å²) in [4.78, 5) is 23.7. The van der Waals surface area contributed by atoms with Gasteiger partial charge in [0.25, 0.3) is 0 Å². The Morgan fingerprint density at radius 3 is 1.96 bits per heavy atom. The molecule has 0 aromatic heterocycles. The molecular formula is C20H25N3O2. The van der Waals surface area contributed by atoms with Gasteiger partial charge in [-0.1, -0.05) is 44.2 Å². The average molecular weight is 339 g/mol.